The summed E-state index contributed by atoms with van der Waals surface area (Å²) in [5, 5.41) is 2.91. The summed E-state index contributed by atoms with van der Waals surface area (Å²) in [6.07, 6.45) is 2.30. The molecule has 0 fully saturated rings. The summed E-state index contributed by atoms with van der Waals surface area (Å²) in [6, 6.07) is 17.5. The summed E-state index contributed by atoms with van der Waals surface area (Å²) in [7, 11) is 1.50. The van der Waals surface area contributed by atoms with Crippen molar-refractivity contribution in [2.75, 3.05) is 13.7 Å². The van der Waals surface area contributed by atoms with E-state index in [1.807, 2.05) is 36.4 Å². The number of carbonyl (C=O) groups is 1. The summed E-state index contributed by atoms with van der Waals surface area (Å²) in [4.78, 5) is 13.0. The molecule has 2 atom stereocenters. The molecule has 0 radical (unpaired) electrons. The normalized spacial score (nSPS) is 21.5. The first-order chi connectivity index (χ1) is 14.0. The van der Waals surface area contributed by atoms with Gasteiger partial charge in [-0.25, -0.2) is 13.6 Å². The molecule has 3 rings (SSSR count). The topological polar surface area (TPSA) is 47.6 Å². The lowest BCUT2D eigenvalue weighted by Crippen LogP contribution is -2.66. The fraction of sp³-hybridized carbons (Fsp3) is 0.348. The number of methoxy groups -OCH3 is 1. The molecule has 0 spiro atoms. The van der Waals surface area contributed by atoms with Gasteiger partial charge in [0.1, 0.15) is 6.61 Å². The Kier molecular flexibility index (Phi) is 6.77. The molecule has 0 unspecified atom stereocenters. The van der Waals surface area contributed by atoms with Gasteiger partial charge in [0.05, 0.1) is 12.6 Å². The van der Waals surface area contributed by atoms with Crippen LogP contribution in [0.25, 0.3) is 0 Å². The van der Waals surface area contributed by atoms with Crippen molar-refractivity contribution < 1.29 is 23.0 Å². The van der Waals surface area contributed by atoms with Crippen LogP contribution in [0.1, 0.15) is 30.0 Å². The number of benzene rings is 2. The van der Waals surface area contributed by atoms with Gasteiger partial charge in [0.15, 0.2) is 5.54 Å². The molecule has 0 heterocycles. The third kappa shape index (κ3) is 4.71. The van der Waals surface area contributed by atoms with Crippen LogP contribution in [-0.4, -0.2) is 31.1 Å². The Morgan fingerprint density at radius 2 is 1.66 bits per heavy atom. The molecule has 6 heteroatoms. The number of ether oxygens (including phenoxy) is 2. The monoisotopic (exact) mass is 401 g/mol. The zero-order valence-corrected chi connectivity index (χ0v) is 16.3. The van der Waals surface area contributed by atoms with Gasteiger partial charge in [-0.3, -0.25) is 5.32 Å². The second-order valence-corrected chi connectivity index (χ2v) is 7.11. The molecule has 29 heavy (non-hydrogen) atoms. The number of halogens is 2. The van der Waals surface area contributed by atoms with E-state index in [0.29, 0.717) is 0 Å². The number of esters is 1. The first-order valence-corrected chi connectivity index (χ1v) is 9.54. The average Bonchev–Trinajstić information content (AvgIpc) is 2.74. The molecule has 154 valence electrons. The van der Waals surface area contributed by atoms with Gasteiger partial charge in [-0.1, -0.05) is 72.8 Å². The zero-order valence-electron chi connectivity index (χ0n) is 16.3. The van der Waals surface area contributed by atoms with E-state index < -0.39 is 29.9 Å². The van der Waals surface area contributed by atoms with Crippen LogP contribution in [0, 0.1) is 0 Å². The van der Waals surface area contributed by atoms with Gasteiger partial charge in [0.2, 0.25) is 0 Å². The van der Waals surface area contributed by atoms with Gasteiger partial charge in [0.25, 0.3) is 5.92 Å². The second-order valence-electron chi connectivity index (χ2n) is 7.11. The highest BCUT2D eigenvalue weighted by molar-refractivity contribution is 5.83. The Morgan fingerprint density at radius 1 is 1.03 bits per heavy atom. The van der Waals surface area contributed by atoms with Crippen LogP contribution in [0.3, 0.4) is 0 Å². The highest BCUT2D eigenvalue weighted by Gasteiger charge is 2.60. The fourth-order valence-corrected chi connectivity index (χ4v) is 3.49. The van der Waals surface area contributed by atoms with Crippen molar-refractivity contribution >= 4 is 5.97 Å². The van der Waals surface area contributed by atoms with Gasteiger partial charge in [0, 0.05) is 20.0 Å². The fourth-order valence-electron chi connectivity index (χ4n) is 3.49. The molecular weight excluding hydrogens is 376 g/mol. The maximum Gasteiger partial charge on any atom is 0.333 e. The van der Waals surface area contributed by atoms with Crippen LogP contribution in [0.4, 0.5) is 8.78 Å². The number of allylic oxidation sites excluding steroid dienone is 1. The van der Waals surface area contributed by atoms with Crippen LogP contribution in [0.5, 0.6) is 0 Å². The van der Waals surface area contributed by atoms with E-state index in [9.17, 15) is 4.79 Å². The third-order valence-electron chi connectivity index (χ3n) is 5.11. The summed E-state index contributed by atoms with van der Waals surface area (Å²) >= 11 is 0. The number of hydrogen-bond donors (Lipinski definition) is 1. The highest BCUT2D eigenvalue weighted by Crippen LogP contribution is 2.41. The second kappa shape index (κ2) is 9.29. The minimum atomic E-state index is -3.31. The molecule has 0 saturated carbocycles. The molecule has 1 aliphatic rings. The van der Waals surface area contributed by atoms with E-state index in [1.165, 1.54) is 13.2 Å². The summed E-state index contributed by atoms with van der Waals surface area (Å²) in [5.41, 5.74) is -0.674. The Labute approximate surface area is 169 Å². The SMILES string of the molecule is COC[C@H](N[C@]1(C(=O)OCc2ccccc2)CC=CCC1(F)F)c1ccccc1. The molecule has 0 saturated heterocycles. The number of rotatable bonds is 8. The van der Waals surface area contributed by atoms with Crippen molar-refractivity contribution in [1.82, 2.24) is 5.32 Å². The van der Waals surface area contributed by atoms with Crippen LogP contribution >= 0.6 is 0 Å². The molecule has 0 aromatic heterocycles. The first kappa shape index (κ1) is 21.1. The Bertz CT molecular complexity index is 827. The molecule has 1 N–H and O–H groups in total. The third-order valence-corrected chi connectivity index (χ3v) is 5.11. The van der Waals surface area contributed by atoms with Gasteiger partial charge < -0.3 is 9.47 Å². The lowest BCUT2D eigenvalue weighted by molar-refractivity contribution is -0.176. The molecular formula is C23H25F2NO3. The van der Waals surface area contributed by atoms with Crippen LogP contribution in [0.2, 0.25) is 0 Å². The van der Waals surface area contributed by atoms with Gasteiger partial charge >= 0.3 is 5.97 Å². The molecule has 4 nitrogen and oxygen atoms in total. The van der Waals surface area contributed by atoms with E-state index in [1.54, 1.807) is 30.3 Å². The zero-order chi connectivity index (χ0) is 20.7. The Hall–Kier alpha value is -2.57. The molecule has 2 aromatic rings. The van der Waals surface area contributed by atoms with Crippen molar-refractivity contribution in [3.05, 3.63) is 83.9 Å². The van der Waals surface area contributed by atoms with Gasteiger partial charge in [-0.2, -0.15) is 0 Å². The molecule has 1 aliphatic carbocycles. The van der Waals surface area contributed by atoms with E-state index in [4.69, 9.17) is 9.47 Å². The van der Waals surface area contributed by atoms with Crippen LogP contribution in [-0.2, 0) is 20.9 Å². The summed E-state index contributed by atoms with van der Waals surface area (Å²) in [5.74, 6) is -4.27. The van der Waals surface area contributed by atoms with E-state index >= 15 is 8.78 Å². The van der Waals surface area contributed by atoms with Crippen molar-refractivity contribution in [1.29, 1.82) is 0 Å². The summed E-state index contributed by atoms with van der Waals surface area (Å²) < 4.78 is 40.9. The van der Waals surface area contributed by atoms with E-state index in [0.717, 1.165) is 11.1 Å². The Balaban J connectivity index is 1.89. The predicted molar refractivity (Wildman–Crippen MR) is 106 cm³/mol. The molecule has 0 bridgehead atoms. The largest absolute Gasteiger partial charge is 0.459 e. The number of alkyl halides is 2. The first-order valence-electron chi connectivity index (χ1n) is 9.54. The van der Waals surface area contributed by atoms with Crippen LogP contribution in [0.15, 0.2) is 72.8 Å². The number of nitrogens with one attached hydrogen (secondary N) is 1. The van der Waals surface area contributed by atoms with Crippen molar-refractivity contribution in [3.63, 3.8) is 0 Å². The molecule has 0 amide bonds. The lowest BCUT2D eigenvalue weighted by Gasteiger charge is -2.42. The standard InChI is InChI=1S/C23H25F2NO3/c1-28-17-20(19-12-6-3-7-13-19)26-22(14-8-9-15-23(22,24)25)21(27)29-16-18-10-4-2-5-11-18/h2-13,20,26H,14-17H2,1H3/t20-,22-/m0/s1. The molecule has 0 aliphatic heterocycles. The van der Waals surface area contributed by atoms with Crippen molar-refractivity contribution in [2.24, 2.45) is 0 Å². The quantitative estimate of drug-likeness (QED) is 0.525. The smallest absolute Gasteiger partial charge is 0.333 e. The predicted octanol–water partition coefficient (Wildman–Crippen LogP) is 4.43. The lowest BCUT2D eigenvalue weighted by atomic mass is 9.80. The maximum atomic E-state index is 15.2. The molecule has 2 aromatic carbocycles. The van der Waals surface area contributed by atoms with Gasteiger partial charge in [-0.15, -0.1) is 0 Å². The van der Waals surface area contributed by atoms with E-state index in [2.05, 4.69) is 5.32 Å². The van der Waals surface area contributed by atoms with E-state index in [-0.39, 0.29) is 19.6 Å². The van der Waals surface area contributed by atoms with Crippen molar-refractivity contribution in [2.45, 2.75) is 37.0 Å². The number of hydrogen-bond acceptors (Lipinski definition) is 4. The minimum absolute atomic E-state index is 0.0663. The summed E-state index contributed by atoms with van der Waals surface area (Å²) in [6.45, 7) is 0.0701. The Morgan fingerprint density at radius 3 is 2.28 bits per heavy atom. The minimum Gasteiger partial charge on any atom is -0.459 e. The highest BCUT2D eigenvalue weighted by atomic mass is 19.3. The van der Waals surface area contributed by atoms with Gasteiger partial charge in [-0.05, 0) is 11.1 Å². The van der Waals surface area contributed by atoms with Crippen LogP contribution < -0.4 is 5.32 Å². The van der Waals surface area contributed by atoms with Crippen molar-refractivity contribution in [3.8, 4) is 0 Å². The maximum absolute atomic E-state index is 15.2. The number of carbonyl (C=O) groups excluding carboxylic acids is 1. The average molecular weight is 401 g/mol.